The van der Waals surface area contributed by atoms with Crippen LogP contribution in [0.25, 0.3) is 0 Å². The van der Waals surface area contributed by atoms with Gasteiger partial charge in [-0.3, -0.25) is 19.3 Å². The van der Waals surface area contributed by atoms with E-state index in [4.69, 9.17) is 5.11 Å². The van der Waals surface area contributed by atoms with Gasteiger partial charge in [-0.05, 0) is 30.3 Å². The topological polar surface area (TPSA) is 124 Å². The number of carboxylic acid groups (broad SMARTS) is 1. The lowest BCUT2D eigenvalue weighted by Gasteiger charge is -2.14. The number of phenols is 1. The molecule has 26 heavy (non-hydrogen) atoms. The van der Waals surface area contributed by atoms with Crippen LogP contribution in [0.5, 0.6) is 5.75 Å². The van der Waals surface area contributed by atoms with Crippen molar-refractivity contribution >= 4 is 29.4 Å². The van der Waals surface area contributed by atoms with Crippen LogP contribution in [0.2, 0.25) is 0 Å². The molecule has 8 nitrogen and oxygen atoms in total. The van der Waals surface area contributed by atoms with Crippen molar-refractivity contribution in [2.75, 3.05) is 11.9 Å². The van der Waals surface area contributed by atoms with Crippen molar-refractivity contribution in [3.63, 3.8) is 0 Å². The third-order valence-electron chi connectivity index (χ3n) is 3.96. The van der Waals surface area contributed by atoms with Crippen molar-refractivity contribution in [2.45, 2.75) is 6.42 Å². The van der Waals surface area contributed by atoms with Crippen LogP contribution in [-0.2, 0) is 4.79 Å². The third kappa shape index (κ3) is 3.12. The summed E-state index contributed by atoms with van der Waals surface area (Å²) >= 11 is 0. The highest BCUT2D eigenvalue weighted by atomic mass is 16.4. The molecule has 0 bridgehead atoms. The molecule has 0 atom stereocenters. The smallest absolute Gasteiger partial charge is 0.335 e. The van der Waals surface area contributed by atoms with Gasteiger partial charge in [0.1, 0.15) is 5.75 Å². The Balaban J connectivity index is 1.63. The number of carbonyl (C=O) groups excluding carboxylic acids is 3. The number of imide groups is 1. The van der Waals surface area contributed by atoms with Crippen LogP contribution in [0.15, 0.2) is 42.5 Å². The van der Waals surface area contributed by atoms with Crippen molar-refractivity contribution in [3.8, 4) is 5.75 Å². The molecule has 3 N–H and O–H groups in total. The Morgan fingerprint density at radius 2 is 1.62 bits per heavy atom. The lowest BCUT2D eigenvalue weighted by Crippen LogP contribution is -2.32. The monoisotopic (exact) mass is 354 g/mol. The van der Waals surface area contributed by atoms with E-state index in [0.717, 1.165) is 11.0 Å². The van der Waals surface area contributed by atoms with Gasteiger partial charge in [-0.2, -0.15) is 0 Å². The zero-order chi connectivity index (χ0) is 18.8. The second kappa shape index (κ2) is 6.67. The quantitative estimate of drug-likeness (QED) is 0.555. The molecule has 0 saturated heterocycles. The lowest BCUT2D eigenvalue weighted by molar-refractivity contribution is -0.116. The zero-order valence-electron chi connectivity index (χ0n) is 13.4. The average molecular weight is 354 g/mol. The van der Waals surface area contributed by atoms with Crippen molar-refractivity contribution in [1.29, 1.82) is 0 Å². The Morgan fingerprint density at radius 1 is 1.00 bits per heavy atom. The molecule has 8 heteroatoms. The van der Waals surface area contributed by atoms with Crippen LogP contribution in [0.4, 0.5) is 5.69 Å². The fraction of sp³-hybridized carbons (Fsp3) is 0.111. The Morgan fingerprint density at radius 3 is 2.15 bits per heavy atom. The van der Waals surface area contributed by atoms with E-state index >= 15 is 0 Å². The van der Waals surface area contributed by atoms with Gasteiger partial charge in [0.25, 0.3) is 11.8 Å². The van der Waals surface area contributed by atoms with Gasteiger partial charge < -0.3 is 15.5 Å². The predicted molar refractivity (Wildman–Crippen MR) is 90.1 cm³/mol. The van der Waals surface area contributed by atoms with Gasteiger partial charge >= 0.3 is 5.97 Å². The van der Waals surface area contributed by atoms with E-state index in [1.807, 2.05) is 0 Å². The summed E-state index contributed by atoms with van der Waals surface area (Å²) < 4.78 is 0. The normalized spacial score (nSPS) is 12.8. The summed E-state index contributed by atoms with van der Waals surface area (Å²) in [5.41, 5.74) is 0.536. The maximum Gasteiger partial charge on any atom is 0.335 e. The largest absolute Gasteiger partial charge is 0.506 e. The molecule has 0 fully saturated rings. The SMILES string of the molecule is O=C(CCN1C(=O)c2ccccc2C1=O)Nc1ccc(C(=O)O)cc1O. The van der Waals surface area contributed by atoms with Crippen molar-refractivity contribution in [3.05, 3.63) is 59.2 Å². The average Bonchev–Trinajstić information content (AvgIpc) is 2.86. The number of nitrogens with one attached hydrogen (secondary N) is 1. The van der Waals surface area contributed by atoms with Crippen LogP contribution in [-0.4, -0.2) is 45.3 Å². The summed E-state index contributed by atoms with van der Waals surface area (Å²) in [6.45, 7) is -0.105. The number of aromatic hydroxyl groups is 1. The molecule has 0 spiro atoms. The number of amides is 3. The third-order valence-corrected chi connectivity index (χ3v) is 3.96. The number of phenolic OH excluding ortho intramolecular Hbond substituents is 1. The van der Waals surface area contributed by atoms with Gasteiger partial charge in [-0.15, -0.1) is 0 Å². The molecule has 3 rings (SSSR count). The van der Waals surface area contributed by atoms with Crippen LogP contribution < -0.4 is 5.32 Å². The van der Waals surface area contributed by atoms with E-state index in [9.17, 15) is 24.3 Å². The summed E-state index contributed by atoms with van der Waals surface area (Å²) in [5, 5.41) is 21.0. The molecule has 3 amide bonds. The number of carboxylic acids is 1. The van der Waals surface area contributed by atoms with E-state index in [1.165, 1.54) is 12.1 Å². The molecule has 0 aliphatic carbocycles. The Labute approximate surface area is 147 Å². The van der Waals surface area contributed by atoms with Crippen molar-refractivity contribution in [1.82, 2.24) is 4.90 Å². The maximum absolute atomic E-state index is 12.2. The number of hydrogen-bond donors (Lipinski definition) is 3. The maximum atomic E-state index is 12.2. The standard InChI is InChI=1S/C18H14N2O6/c21-14-9-10(18(25)26)5-6-13(14)19-15(22)7-8-20-16(23)11-3-1-2-4-12(11)17(20)24/h1-6,9,21H,7-8H2,(H,19,22)(H,25,26). The van der Waals surface area contributed by atoms with E-state index < -0.39 is 23.7 Å². The number of benzene rings is 2. The molecule has 1 aliphatic rings. The van der Waals surface area contributed by atoms with E-state index in [-0.39, 0.29) is 30.0 Å². The number of aromatic carboxylic acids is 1. The summed E-state index contributed by atoms with van der Waals surface area (Å²) in [5.74, 6) is -3.03. The number of carbonyl (C=O) groups is 4. The molecule has 2 aromatic rings. The summed E-state index contributed by atoms with van der Waals surface area (Å²) in [6, 6.07) is 9.94. The molecule has 0 saturated carbocycles. The molecule has 132 valence electrons. The fourth-order valence-corrected chi connectivity index (χ4v) is 2.64. The highest BCUT2D eigenvalue weighted by Crippen LogP contribution is 2.25. The van der Waals surface area contributed by atoms with Gasteiger partial charge in [0.05, 0.1) is 22.4 Å². The minimum atomic E-state index is -1.20. The Kier molecular flexibility index (Phi) is 4.40. The van der Waals surface area contributed by atoms with Gasteiger partial charge in [0.2, 0.25) is 5.91 Å². The molecule has 0 radical (unpaired) electrons. The van der Waals surface area contributed by atoms with Gasteiger partial charge in [-0.1, -0.05) is 12.1 Å². The zero-order valence-corrected chi connectivity index (χ0v) is 13.4. The lowest BCUT2D eigenvalue weighted by atomic mass is 10.1. The van der Waals surface area contributed by atoms with Crippen molar-refractivity contribution < 1.29 is 29.4 Å². The molecular weight excluding hydrogens is 340 g/mol. The summed E-state index contributed by atoms with van der Waals surface area (Å²) in [7, 11) is 0. The molecule has 2 aromatic carbocycles. The first-order chi connectivity index (χ1) is 12.4. The number of anilines is 1. The molecule has 1 aliphatic heterocycles. The Bertz CT molecular complexity index is 902. The number of hydrogen-bond acceptors (Lipinski definition) is 5. The fourth-order valence-electron chi connectivity index (χ4n) is 2.64. The summed E-state index contributed by atoms with van der Waals surface area (Å²) in [6.07, 6.45) is -0.161. The van der Waals surface area contributed by atoms with Crippen LogP contribution in [0, 0.1) is 0 Å². The number of rotatable bonds is 5. The second-order valence-corrected chi connectivity index (χ2v) is 5.64. The van der Waals surface area contributed by atoms with Gasteiger partial charge in [-0.25, -0.2) is 4.79 Å². The highest BCUT2D eigenvalue weighted by Gasteiger charge is 2.34. The first-order valence-electron chi connectivity index (χ1n) is 7.70. The Hall–Kier alpha value is -3.68. The minimum Gasteiger partial charge on any atom is -0.506 e. The van der Waals surface area contributed by atoms with E-state index in [1.54, 1.807) is 24.3 Å². The van der Waals surface area contributed by atoms with Gasteiger partial charge in [0.15, 0.2) is 0 Å². The second-order valence-electron chi connectivity index (χ2n) is 5.64. The molecular formula is C18H14N2O6. The van der Waals surface area contributed by atoms with Crippen LogP contribution >= 0.6 is 0 Å². The van der Waals surface area contributed by atoms with E-state index in [0.29, 0.717) is 11.1 Å². The minimum absolute atomic E-state index is 0.0439. The highest BCUT2D eigenvalue weighted by molar-refractivity contribution is 6.21. The molecule has 1 heterocycles. The van der Waals surface area contributed by atoms with Crippen LogP contribution in [0.3, 0.4) is 0 Å². The van der Waals surface area contributed by atoms with Crippen LogP contribution in [0.1, 0.15) is 37.5 Å². The number of fused-ring (bicyclic) bond motifs is 1. The number of nitrogens with zero attached hydrogens (tertiary/aromatic N) is 1. The summed E-state index contributed by atoms with van der Waals surface area (Å²) in [4.78, 5) is 48.3. The first-order valence-corrected chi connectivity index (χ1v) is 7.70. The van der Waals surface area contributed by atoms with Crippen molar-refractivity contribution in [2.24, 2.45) is 0 Å². The van der Waals surface area contributed by atoms with Gasteiger partial charge in [0, 0.05) is 13.0 Å². The molecule has 0 aromatic heterocycles. The first kappa shape index (κ1) is 17.2. The molecule has 0 unspecified atom stereocenters. The predicted octanol–water partition coefficient (Wildman–Crippen LogP) is 1.72. The van der Waals surface area contributed by atoms with E-state index in [2.05, 4.69) is 5.32 Å².